The molecule has 4 heteroatoms. The van der Waals surface area contributed by atoms with Gasteiger partial charge in [-0.25, -0.2) is 0 Å². The molecule has 2 aliphatic heterocycles. The molecular weight excluding hydrogens is 360 g/mol. The molecule has 0 radical (unpaired) electrons. The van der Waals surface area contributed by atoms with Gasteiger partial charge in [0.05, 0.1) is 6.04 Å². The summed E-state index contributed by atoms with van der Waals surface area (Å²) in [6, 6.07) is 16.4. The molecule has 2 aromatic rings. The molecule has 3 atom stereocenters. The van der Waals surface area contributed by atoms with Crippen LogP contribution in [0.4, 0.5) is 0 Å². The number of aromatic hydroxyl groups is 1. The van der Waals surface area contributed by atoms with E-state index in [0.717, 1.165) is 44.6 Å². The van der Waals surface area contributed by atoms with E-state index in [-0.39, 0.29) is 12.0 Å². The molecule has 0 spiro atoms. The van der Waals surface area contributed by atoms with Crippen molar-refractivity contribution in [1.82, 2.24) is 9.80 Å². The van der Waals surface area contributed by atoms with Crippen molar-refractivity contribution in [3.63, 3.8) is 0 Å². The summed E-state index contributed by atoms with van der Waals surface area (Å²) >= 11 is 0. The monoisotopic (exact) mass is 390 g/mol. The van der Waals surface area contributed by atoms with Gasteiger partial charge in [-0.2, -0.15) is 0 Å². The standard InChI is InChI=1S/C25H30N2O2/c1-17-6-2-3-11-22(17)24-23-16-26(13-18-7-4-10-21(28)12-18)14-20(23)15-27(24)25(29)19-8-5-9-19/h2-4,6-7,10-12,19-20,23-24,28H,5,8-9,13-16H2,1H3/t20-,23-,24+/m0/s1. The first-order chi connectivity index (χ1) is 14.1. The van der Waals surface area contributed by atoms with E-state index < -0.39 is 0 Å². The van der Waals surface area contributed by atoms with Crippen LogP contribution in [0.25, 0.3) is 0 Å². The third-order valence-corrected chi connectivity index (χ3v) is 7.30. The highest BCUT2D eigenvalue weighted by molar-refractivity contribution is 5.80. The Morgan fingerprint density at radius 2 is 1.90 bits per heavy atom. The zero-order valence-corrected chi connectivity index (χ0v) is 17.1. The van der Waals surface area contributed by atoms with Gasteiger partial charge in [-0.3, -0.25) is 9.69 Å². The van der Waals surface area contributed by atoms with Gasteiger partial charge in [0, 0.05) is 38.0 Å². The molecule has 3 fully saturated rings. The van der Waals surface area contributed by atoms with Gasteiger partial charge in [-0.05, 0) is 54.5 Å². The van der Waals surface area contributed by atoms with Crippen molar-refractivity contribution in [3.05, 3.63) is 65.2 Å². The van der Waals surface area contributed by atoms with E-state index in [1.54, 1.807) is 6.07 Å². The van der Waals surface area contributed by atoms with Crippen LogP contribution in [0, 0.1) is 24.7 Å². The van der Waals surface area contributed by atoms with Gasteiger partial charge >= 0.3 is 0 Å². The second-order valence-corrected chi connectivity index (χ2v) is 9.21. The van der Waals surface area contributed by atoms with E-state index in [1.165, 1.54) is 17.5 Å². The molecule has 3 aliphatic rings. The number of hydrogen-bond acceptors (Lipinski definition) is 3. The first kappa shape index (κ1) is 18.7. The fraction of sp³-hybridized carbons (Fsp3) is 0.480. The molecule has 5 rings (SSSR count). The largest absolute Gasteiger partial charge is 0.508 e. The Labute approximate surface area is 173 Å². The highest BCUT2D eigenvalue weighted by atomic mass is 16.3. The summed E-state index contributed by atoms with van der Waals surface area (Å²) in [5.41, 5.74) is 3.77. The molecule has 1 amide bonds. The number of carbonyl (C=O) groups is 1. The van der Waals surface area contributed by atoms with Gasteiger partial charge < -0.3 is 10.0 Å². The summed E-state index contributed by atoms with van der Waals surface area (Å²) in [5, 5.41) is 9.78. The first-order valence-electron chi connectivity index (χ1n) is 11.0. The predicted octanol–water partition coefficient (Wildman–Crippen LogP) is 4.13. The minimum Gasteiger partial charge on any atom is -0.508 e. The number of phenolic OH excluding ortho intramolecular Hbond substituents is 1. The zero-order valence-electron chi connectivity index (χ0n) is 17.1. The topological polar surface area (TPSA) is 43.8 Å². The molecule has 1 aliphatic carbocycles. The van der Waals surface area contributed by atoms with Crippen LogP contribution in [0.15, 0.2) is 48.5 Å². The van der Waals surface area contributed by atoms with Crippen molar-refractivity contribution in [2.75, 3.05) is 19.6 Å². The van der Waals surface area contributed by atoms with Crippen LogP contribution >= 0.6 is 0 Å². The number of fused-ring (bicyclic) bond motifs is 1. The fourth-order valence-corrected chi connectivity index (χ4v) is 5.61. The van der Waals surface area contributed by atoms with Crippen LogP contribution in [0.3, 0.4) is 0 Å². The summed E-state index contributed by atoms with van der Waals surface area (Å²) in [6.45, 7) is 5.95. The molecule has 152 valence electrons. The maximum absolute atomic E-state index is 13.2. The van der Waals surface area contributed by atoms with E-state index in [1.807, 2.05) is 12.1 Å². The zero-order chi connectivity index (χ0) is 20.0. The summed E-state index contributed by atoms with van der Waals surface area (Å²) < 4.78 is 0. The first-order valence-corrected chi connectivity index (χ1v) is 11.0. The lowest BCUT2D eigenvalue weighted by molar-refractivity contribution is -0.139. The molecule has 2 heterocycles. The third-order valence-electron chi connectivity index (χ3n) is 7.30. The number of phenols is 1. The van der Waals surface area contributed by atoms with Crippen LogP contribution in [0.5, 0.6) is 5.75 Å². The van der Waals surface area contributed by atoms with Crippen LogP contribution in [-0.2, 0) is 11.3 Å². The van der Waals surface area contributed by atoms with Crippen LogP contribution < -0.4 is 0 Å². The molecule has 1 saturated carbocycles. The SMILES string of the molecule is Cc1ccccc1[C@@H]1[C@H]2CN(Cc3cccc(O)c3)C[C@H]2CN1C(=O)C1CCC1. The maximum atomic E-state index is 13.2. The van der Waals surface area contributed by atoms with E-state index in [2.05, 4.69) is 47.1 Å². The molecule has 4 nitrogen and oxygen atoms in total. The maximum Gasteiger partial charge on any atom is 0.226 e. The van der Waals surface area contributed by atoms with Crippen molar-refractivity contribution in [1.29, 1.82) is 0 Å². The van der Waals surface area contributed by atoms with Gasteiger partial charge in [0.25, 0.3) is 0 Å². The lowest BCUT2D eigenvalue weighted by Gasteiger charge is -2.35. The molecule has 2 aromatic carbocycles. The summed E-state index contributed by atoms with van der Waals surface area (Å²) in [4.78, 5) is 18.0. The Morgan fingerprint density at radius 3 is 2.62 bits per heavy atom. The minimum atomic E-state index is 0.198. The minimum absolute atomic E-state index is 0.198. The Bertz CT molecular complexity index is 907. The summed E-state index contributed by atoms with van der Waals surface area (Å²) in [6.07, 6.45) is 3.33. The summed E-state index contributed by atoms with van der Waals surface area (Å²) in [5.74, 6) is 1.98. The molecule has 29 heavy (non-hydrogen) atoms. The lowest BCUT2D eigenvalue weighted by atomic mass is 9.83. The van der Waals surface area contributed by atoms with Gasteiger partial charge in [-0.1, -0.05) is 42.8 Å². The van der Waals surface area contributed by atoms with Crippen molar-refractivity contribution in [3.8, 4) is 5.75 Å². The highest BCUT2D eigenvalue weighted by Crippen LogP contribution is 2.47. The Kier molecular flexibility index (Phi) is 4.83. The van der Waals surface area contributed by atoms with E-state index >= 15 is 0 Å². The predicted molar refractivity (Wildman–Crippen MR) is 113 cm³/mol. The van der Waals surface area contributed by atoms with E-state index in [9.17, 15) is 9.90 Å². The van der Waals surface area contributed by atoms with Crippen LogP contribution in [-0.4, -0.2) is 40.4 Å². The number of aryl methyl sites for hydroxylation is 1. The van der Waals surface area contributed by atoms with Gasteiger partial charge in [0.15, 0.2) is 0 Å². The number of rotatable bonds is 4. The van der Waals surface area contributed by atoms with Crippen LogP contribution in [0.2, 0.25) is 0 Å². The van der Waals surface area contributed by atoms with Crippen molar-refractivity contribution in [2.45, 2.75) is 38.8 Å². The van der Waals surface area contributed by atoms with Gasteiger partial charge in [-0.15, -0.1) is 0 Å². The number of carbonyl (C=O) groups excluding carboxylic acids is 1. The number of likely N-dealkylation sites (tertiary alicyclic amines) is 2. The Hall–Kier alpha value is -2.33. The van der Waals surface area contributed by atoms with Crippen molar-refractivity contribution in [2.24, 2.45) is 17.8 Å². The average Bonchev–Trinajstić information content (AvgIpc) is 3.18. The molecule has 1 N–H and O–H groups in total. The molecule has 0 bridgehead atoms. The second-order valence-electron chi connectivity index (χ2n) is 9.21. The van der Waals surface area contributed by atoms with Gasteiger partial charge in [0.1, 0.15) is 5.75 Å². The summed E-state index contributed by atoms with van der Waals surface area (Å²) in [7, 11) is 0. The van der Waals surface area contributed by atoms with E-state index in [4.69, 9.17) is 0 Å². The Balaban J connectivity index is 1.39. The molecule has 2 saturated heterocycles. The number of hydrogen-bond donors (Lipinski definition) is 1. The van der Waals surface area contributed by atoms with Crippen molar-refractivity contribution >= 4 is 5.91 Å². The molecule has 0 unspecified atom stereocenters. The van der Waals surface area contributed by atoms with Crippen LogP contribution in [0.1, 0.15) is 42.0 Å². The number of nitrogens with zero attached hydrogens (tertiary/aromatic N) is 2. The average molecular weight is 391 g/mol. The highest BCUT2D eigenvalue weighted by Gasteiger charge is 2.50. The smallest absolute Gasteiger partial charge is 0.226 e. The quantitative estimate of drug-likeness (QED) is 0.854. The Morgan fingerprint density at radius 1 is 1.07 bits per heavy atom. The molecule has 0 aromatic heterocycles. The second kappa shape index (κ2) is 7.49. The third kappa shape index (κ3) is 3.44. The molecular formula is C25H30N2O2. The van der Waals surface area contributed by atoms with Gasteiger partial charge in [0.2, 0.25) is 5.91 Å². The fourth-order valence-electron chi connectivity index (χ4n) is 5.61. The van der Waals surface area contributed by atoms with E-state index in [0.29, 0.717) is 23.5 Å². The number of amides is 1. The normalized spacial score (nSPS) is 27.1. The lowest BCUT2D eigenvalue weighted by Crippen LogP contribution is -2.41. The number of benzene rings is 2. The van der Waals surface area contributed by atoms with Crippen molar-refractivity contribution < 1.29 is 9.90 Å².